The Morgan fingerprint density at radius 3 is 2.46 bits per heavy atom. The maximum Gasteiger partial charge on any atom is 0.341 e. The van der Waals surface area contributed by atoms with Crippen LogP contribution in [-0.2, 0) is 24.3 Å². The molecule has 0 spiro atoms. The summed E-state index contributed by atoms with van der Waals surface area (Å²) in [6.07, 6.45) is 0.734. The summed E-state index contributed by atoms with van der Waals surface area (Å²) in [6.45, 7) is 3.04. The second-order valence-corrected chi connectivity index (χ2v) is 8.24. The van der Waals surface area contributed by atoms with Crippen molar-refractivity contribution in [3.63, 3.8) is 0 Å². The summed E-state index contributed by atoms with van der Waals surface area (Å²) in [5, 5.41) is 4.93. The third-order valence-electron chi connectivity index (χ3n) is 3.59. The van der Waals surface area contributed by atoms with Crippen molar-refractivity contribution in [2.24, 2.45) is 0 Å². The van der Waals surface area contributed by atoms with Gasteiger partial charge in [-0.25, -0.2) is 21.9 Å². The lowest BCUT2D eigenvalue weighted by Gasteiger charge is -2.14. The van der Waals surface area contributed by atoms with E-state index in [1.807, 2.05) is 6.92 Å². The number of esters is 1. The average molecular weight is 417 g/mol. The van der Waals surface area contributed by atoms with E-state index in [0.717, 1.165) is 28.9 Å². The molecule has 0 unspecified atom stereocenters. The normalized spacial score (nSPS) is 12.4. The van der Waals surface area contributed by atoms with Crippen LogP contribution in [0.25, 0.3) is 0 Å². The summed E-state index contributed by atoms with van der Waals surface area (Å²) in [5.41, 5.74) is -0.621. The lowest BCUT2D eigenvalue weighted by atomic mass is 10.2. The molecular weight excluding hydrogens is 393 g/mol. The van der Waals surface area contributed by atoms with Gasteiger partial charge < -0.3 is 15.4 Å². The zero-order valence-corrected chi connectivity index (χ0v) is 16.9. The Morgan fingerprint density at radius 1 is 1.25 bits per heavy atom. The minimum atomic E-state index is -3.88. The lowest BCUT2D eigenvalue weighted by Crippen LogP contribution is -2.46. The highest BCUT2D eigenvalue weighted by molar-refractivity contribution is 7.89. The second kappa shape index (κ2) is 10.1. The highest BCUT2D eigenvalue weighted by atomic mass is 32.2. The quantitative estimate of drug-likeness (QED) is 0.556. The third-order valence-corrected chi connectivity index (χ3v) is 5.40. The molecule has 11 heteroatoms. The fourth-order valence-electron chi connectivity index (χ4n) is 1.99. The predicted octanol–water partition coefficient (Wildman–Crippen LogP) is 0.264. The molecule has 9 nitrogen and oxygen atoms in total. The molecule has 1 rings (SSSR count). The van der Waals surface area contributed by atoms with Crippen molar-refractivity contribution in [3.8, 4) is 0 Å². The smallest absolute Gasteiger partial charge is 0.341 e. The van der Waals surface area contributed by atoms with E-state index in [1.165, 1.54) is 21.0 Å². The SMILES string of the molecule is CCCNC(=O)[C@@H](C)NC(=O)COC(=O)c1cc(S(=O)(=O)N(C)C)ccc1F. The second-order valence-electron chi connectivity index (χ2n) is 6.09. The van der Waals surface area contributed by atoms with Gasteiger partial charge in [-0.05, 0) is 31.5 Å². The molecule has 0 saturated carbocycles. The molecule has 0 radical (unpaired) electrons. The Morgan fingerprint density at radius 2 is 1.89 bits per heavy atom. The zero-order valence-electron chi connectivity index (χ0n) is 16.1. The van der Waals surface area contributed by atoms with E-state index in [0.29, 0.717) is 6.54 Å². The van der Waals surface area contributed by atoms with Crippen LogP contribution < -0.4 is 10.6 Å². The number of benzene rings is 1. The first-order valence-corrected chi connectivity index (χ1v) is 9.91. The van der Waals surface area contributed by atoms with Gasteiger partial charge in [-0.2, -0.15) is 0 Å². The van der Waals surface area contributed by atoms with Crippen molar-refractivity contribution in [1.82, 2.24) is 14.9 Å². The molecule has 28 heavy (non-hydrogen) atoms. The molecule has 1 aromatic rings. The van der Waals surface area contributed by atoms with Crippen LogP contribution in [0.1, 0.15) is 30.6 Å². The molecule has 0 aromatic heterocycles. The maximum atomic E-state index is 13.9. The van der Waals surface area contributed by atoms with Gasteiger partial charge in [0.2, 0.25) is 15.9 Å². The van der Waals surface area contributed by atoms with Crippen LogP contribution in [0, 0.1) is 5.82 Å². The third kappa shape index (κ3) is 6.27. The topological polar surface area (TPSA) is 122 Å². The van der Waals surface area contributed by atoms with Crippen LogP contribution in [0.4, 0.5) is 4.39 Å². The monoisotopic (exact) mass is 417 g/mol. The Hall–Kier alpha value is -2.53. The van der Waals surface area contributed by atoms with Crippen LogP contribution in [0.15, 0.2) is 23.1 Å². The van der Waals surface area contributed by atoms with E-state index in [1.54, 1.807) is 0 Å². The average Bonchev–Trinajstić information content (AvgIpc) is 2.63. The van der Waals surface area contributed by atoms with E-state index in [9.17, 15) is 27.2 Å². The van der Waals surface area contributed by atoms with Crippen LogP contribution >= 0.6 is 0 Å². The molecule has 0 heterocycles. The van der Waals surface area contributed by atoms with Crippen molar-refractivity contribution in [2.75, 3.05) is 27.2 Å². The maximum absolute atomic E-state index is 13.9. The van der Waals surface area contributed by atoms with Gasteiger partial charge in [-0.3, -0.25) is 9.59 Å². The van der Waals surface area contributed by atoms with Gasteiger partial charge in [0, 0.05) is 20.6 Å². The van der Waals surface area contributed by atoms with Gasteiger partial charge in [0.15, 0.2) is 6.61 Å². The fraction of sp³-hybridized carbons (Fsp3) is 0.471. The molecule has 0 fully saturated rings. The molecule has 0 bridgehead atoms. The molecule has 1 atom stereocenters. The summed E-state index contributed by atoms with van der Waals surface area (Å²) in [4.78, 5) is 35.2. The minimum Gasteiger partial charge on any atom is -0.452 e. The standard InChI is InChI=1S/C17H24FN3O6S/c1-5-8-19-16(23)11(2)20-15(22)10-27-17(24)13-9-12(6-7-14(13)18)28(25,26)21(3)4/h6-7,9,11H,5,8,10H2,1-4H3,(H,19,23)(H,20,22)/t11-/m1/s1. The number of sulfonamides is 1. The van der Waals surface area contributed by atoms with Crippen molar-refractivity contribution >= 4 is 27.8 Å². The number of hydrogen-bond donors (Lipinski definition) is 2. The number of nitrogens with one attached hydrogen (secondary N) is 2. The highest BCUT2D eigenvalue weighted by Gasteiger charge is 2.23. The number of amides is 2. The van der Waals surface area contributed by atoms with Crippen LogP contribution in [0.5, 0.6) is 0 Å². The molecule has 156 valence electrons. The Balaban J connectivity index is 2.76. The summed E-state index contributed by atoms with van der Waals surface area (Å²) < 4.78 is 43.7. The molecule has 0 saturated heterocycles. The summed E-state index contributed by atoms with van der Waals surface area (Å²) in [5.74, 6) is -3.35. The molecule has 1 aromatic carbocycles. The minimum absolute atomic E-state index is 0.295. The van der Waals surface area contributed by atoms with E-state index in [2.05, 4.69) is 10.6 Å². The number of halogens is 1. The molecule has 0 aliphatic rings. The van der Waals surface area contributed by atoms with Crippen molar-refractivity contribution in [1.29, 1.82) is 0 Å². The highest BCUT2D eigenvalue weighted by Crippen LogP contribution is 2.18. The van der Waals surface area contributed by atoms with Gasteiger partial charge in [0.25, 0.3) is 5.91 Å². The van der Waals surface area contributed by atoms with Gasteiger partial charge in [-0.1, -0.05) is 6.92 Å². The predicted molar refractivity (Wildman–Crippen MR) is 98.5 cm³/mol. The number of carbonyl (C=O) groups is 3. The first kappa shape index (κ1) is 23.5. The van der Waals surface area contributed by atoms with Crippen molar-refractivity contribution in [3.05, 3.63) is 29.6 Å². The van der Waals surface area contributed by atoms with E-state index < -0.39 is 51.8 Å². The fourth-order valence-corrected chi connectivity index (χ4v) is 2.92. The number of hydrogen-bond acceptors (Lipinski definition) is 6. The molecule has 0 aliphatic carbocycles. The van der Waals surface area contributed by atoms with Gasteiger partial charge in [-0.15, -0.1) is 0 Å². The summed E-state index contributed by atoms with van der Waals surface area (Å²) >= 11 is 0. The number of carbonyl (C=O) groups excluding carboxylic acids is 3. The number of ether oxygens (including phenoxy) is 1. The first-order valence-electron chi connectivity index (χ1n) is 8.47. The molecule has 2 N–H and O–H groups in total. The Kier molecular flexibility index (Phi) is 8.51. The van der Waals surface area contributed by atoms with Crippen LogP contribution in [0.2, 0.25) is 0 Å². The zero-order chi connectivity index (χ0) is 21.5. The van der Waals surface area contributed by atoms with Crippen molar-refractivity contribution < 1.29 is 31.9 Å². The molecule has 0 aliphatic heterocycles. The van der Waals surface area contributed by atoms with Crippen LogP contribution in [0.3, 0.4) is 0 Å². The first-order chi connectivity index (χ1) is 13.0. The summed E-state index contributed by atoms with van der Waals surface area (Å²) in [6, 6.07) is 1.84. The van der Waals surface area contributed by atoms with E-state index in [4.69, 9.17) is 4.74 Å². The van der Waals surface area contributed by atoms with Gasteiger partial charge >= 0.3 is 5.97 Å². The Labute approximate surface area is 163 Å². The number of nitrogens with zero attached hydrogens (tertiary/aromatic N) is 1. The number of rotatable bonds is 9. The van der Waals surface area contributed by atoms with Crippen molar-refractivity contribution in [2.45, 2.75) is 31.2 Å². The van der Waals surface area contributed by atoms with Gasteiger partial charge in [0.1, 0.15) is 11.9 Å². The van der Waals surface area contributed by atoms with Crippen LogP contribution in [-0.4, -0.2) is 63.8 Å². The molecular formula is C17H24FN3O6S. The van der Waals surface area contributed by atoms with E-state index >= 15 is 0 Å². The van der Waals surface area contributed by atoms with E-state index in [-0.39, 0.29) is 4.90 Å². The Bertz CT molecular complexity index is 841. The largest absolute Gasteiger partial charge is 0.452 e. The van der Waals surface area contributed by atoms with Gasteiger partial charge in [0.05, 0.1) is 10.5 Å². The lowest BCUT2D eigenvalue weighted by molar-refractivity contribution is -0.130. The summed E-state index contributed by atoms with van der Waals surface area (Å²) in [7, 11) is -1.30. The molecule has 2 amide bonds.